The number of hydrogen-bond donors (Lipinski definition) is 0. The van der Waals surface area contributed by atoms with Crippen LogP contribution in [0.25, 0.3) is 10.6 Å². The summed E-state index contributed by atoms with van der Waals surface area (Å²) < 4.78 is 5.62. The molecule has 0 spiro atoms. The average molecular weight is 337 g/mol. The highest BCUT2D eigenvalue weighted by Crippen LogP contribution is 2.30. The second-order valence-electron chi connectivity index (χ2n) is 4.20. The molecule has 0 aliphatic heterocycles. The summed E-state index contributed by atoms with van der Waals surface area (Å²) in [6.45, 7) is 0.340. The van der Waals surface area contributed by atoms with Gasteiger partial charge >= 0.3 is 0 Å². The maximum absolute atomic E-state index is 6.17. The molecule has 0 aliphatic rings. The van der Waals surface area contributed by atoms with Crippen molar-refractivity contribution in [1.29, 1.82) is 0 Å². The summed E-state index contributed by atoms with van der Waals surface area (Å²) in [6.07, 6.45) is 1.62. The smallest absolute Gasteiger partial charge is 0.171 e. The van der Waals surface area contributed by atoms with Gasteiger partial charge in [-0.3, -0.25) is 0 Å². The molecule has 106 valence electrons. The molecule has 3 rings (SSSR count). The number of benzene rings is 1. The van der Waals surface area contributed by atoms with E-state index in [9.17, 15) is 0 Å². The van der Waals surface area contributed by atoms with Gasteiger partial charge in [0, 0.05) is 17.1 Å². The second-order valence-corrected chi connectivity index (χ2v) is 5.83. The molecule has 0 fully saturated rings. The highest BCUT2D eigenvalue weighted by molar-refractivity contribution is 7.13. The van der Waals surface area contributed by atoms with E-state index in [1.807, 2.05) is 29.6 Å². The lowest BCUT2D eigenvalue weighted by Gasteiger charge is -2.04. The van der Waals surface area contributed by atoms with Gasteiger partial charge in [0.2, 0.25) is 0 Å². The fraction of sp³-hybridized carbons (Fsp3) is 0.0667. The SMILES string of the molecule is Clc1ccccc1-c1nc(COc2cccnc2Cl)cs1. The first-order valence-corrected chi connectivity index (χ1v) is 7.80. The van der Waals surface area contributed by atoms with Gasteiger partial charge in [0.1, 0.15) is 11.6 Å². The predicted molar refractivity (Wildman–Crippen MR) is 86.1 cm³/mol. The quantitative estimate of drug-likeness (QED) is 0.622. The van der Waals surface area contributed by atoms with Crippen LogP contribution in [0.3, 0.4) is 0 Å². The summed E-state index contributed by atoms with van der Waals surface area (Å²) in [5, 5.41) is 3.85. The molecule has 0 saturated heterocycles. The maximum atomic E-state index is 6.17. The van der Waals surface area contributed by atoms with E-state index in [0.717, 1.165) is 16.3 Å². The molecule has 6 heteroatoms. The topological polar surface area (TPSA) is 35.0 Å². The van der Waals surface area contributed by atoms with Gasteiger partial charge in [0.25, 0.3) is 0 Å². The minimum atomic E-state index is 0.340. The van der Waals surface area contributed by atoms with Gasteiger partial charge in [-0.15, -0.1) is 11.3 Å². The van der Waals surface area contributed by atoms with Gasteiger partial charge in [-0.2, -0.15) is 0 Å². The van der Waals surface area contributed by atoms with Gasteiger partial charge in [-0.05, 0) is 18.2 Å². The molecule has 21 heavy (non-hydrogen) atoms. The van der Waals surface area contributed by atoms with Crippen molar-refractivity contribution in [1.82, 2.24) is 9.97 Å². The van der Waals surface area contributed by atoms with Crippen molar-refractivity contribution in [2.45, 2.75) is 6.61 Å². The Morgan fingerprint density at radius 1 is 1.10 bits per heavy atom. The Hall–Kier alpha value is -1.62. The van der Waals surface area contributed by atoms with Crippen LogP contribution < -0.4 is 4.74 Å². The number of hydrogen-bond acceptors (Lipinski definition) is 4. The molecule has 3 nitrogen and oxygen atoms in total. The Kier molecular flexibility index (Phi) is 4.39. The lowest BCUT2D eigenvalue weighted by Crippen LogP contribution is -1.97. The van der Waals surface area contributed by atoms with Crippen LogP contribution >= 0.6 is 34.5 Å². The Balaban J connectivity index is 1.74. The van der Waals surface area contributed by atoms with Crippen molar-refractivity contribution >= 4 is 34.5 Å². The molecular weight excluding hydrogens is 327 g/mol. The van der Waals surface area contributed by atoms with E-state index >= 15 is 0 Å². The number of halogens is 2. The molecular formula is C15H10Cl2N2OS. The predicted octanol–water partition coefficient (Wildman–Crippen LogP) is 5.09. The summed E-state index contributed by atoms with van der Waals surface area (Å²) >= 11 is 13.6. The first kappa shape index (κ1) is 14.3. The lowest BCUT2D eigenvalue weighted by atomic mass is 10.2. The minimum Gasteiger partial charge on any atom is -0.484 e. The van der Waals surface area contributed by atoms with E-state index in [4.69, 9.17) is 27.9 Å². The number of ether oxygens (including phenoxy) is 1. The van der Waals surface area contributed by atoms with Gasteiger partial charge in [-0.25, -0.2) is 9.97 Å². The van der Waals surface area contributed by atoms with Crippen molar-refractivity contribution in [3.05, 3.63) is 63.8 Å². The van der Waals surface area contributed by atoms with Crippen molar-refractivity contribution in [3.8, 4) is 16.3 Å². The highest BCUT2D eigenvalue weighted by atomic mass is 35.5. The van der Waals surface area contributed by atoms with Gasteiger partial charge in [0.15, 0.2) is 10.9 Å². The maximum Gasteiger partial charge on any atom is 0.171 e. The molecule has 1 aromatic carbocycles. The molecule has 3 aromatic rings. The second kappa shape index (κ2) is 6.43. The van der Waals surface area contributed by atoms with Gasteiger partial charge in [-0.1, -0.05) is 41.4 Å². The van der Waals surface area contributed by atoms with Crippen LogP contribution in [0, 0.1) is 0 Å². The standard InChI is InChI=1S/C15H10Cl2N2OS/c16-12-5-2-1-4-11(12)15-19-10(9-21-15)8-20-13-6-3-7-18-14(13)17/h1-7,9H,8H2. The summed E-state index contributed by atoms with van der Waals surface area (Å²) in [5.74, 6) is 0.548. The number of pyridine rings is 1. The lowest BCUT2D eigenvalue weighted by molar-refractivity contribution is 0.301. The first-order valence-electron chi connectivity index (χ1n) is 6.16. The monoisotopic (exact) mass is 336 g/mol. The average Bonchev–Trinajstić information content (AvgIpc) is 2.96. The molecule has 0 bridgehead atoms. The summed E-state index contributed by atoms with van der Waals surface area (Å²) in [5.41, 5.74) is 1.75. The van der Waals surface area contributed by atoms with Gasteiger partial charge < -0.3 is 4.74 Å². The molecule has 0 N–H and O–H groups in total. The van der Waals surface area contributed by atoms with Crippen LogP contribution in [-0.4, -0.2) is 9.97 Å². The van der Waals surface area contributed by atoms with E-state index in [0.29, 0.717) is 22.5 Å². The Bertz CT molecular complexity index is 761. The van der Waals surface area contributed by atoms with Crippen LogP contribution in [0.1, 0.15) is 5.69 Å². The van der Waals surface area contributed by atoms with Crippen LogP contribution in [-0.2, 0) is 6.61 Å². The Morgan fingerprint density at radius 3 is 2.76 bits per heavy atom. The van der Waals surface area contributed by atoms with Crippen LogP contribution in [0.15, 0.2) is 48.0 Å². The molecule has 0 radical (unpaired) electrons. The third-order valence-electron chi connectivity index (χ3n) is 2.76. The third kappa shape index (κ3) is 3.35. The summed E-state index contributed by atoms with van der Waals surface area (Å²) in [4.78, 5) is 8.49. The fourth-order valence-corrected chi connectivity index (χ4v) is 3.06. The molecule has 0 unspecified atom stereocenters. The minimum absolute atomic E-state index is 0.340. The number of nitrogens with zero attached hydrogens (tertiary/aromatic N) is 2. The van der Waals surface area contributed by atoms with E-state index in [-0.39, 0.29) is 0 Å². The zero-order valence-electron chi connectivity index (χ0n) is 10.8. The largest absolute Gasteiger partial charge is 0.484 e. The van der Waals surface area contributed by atoms with Gasteiger partial charge in [0.05, 0.1) is 10.7 Å². The molecule has 2 heterocycles. The molecule has 0 aliphatic carbocycles. The van der Waals surface area contributed by atoms with Crippen LogP contribution in [0.4, 0.5) is 0 Å². The molecule has 2 aromatic heterocycles. The van der Waals surface area contributed by atoms with E-state index < -0.39 is 0 Å². The molecule has 0 saturated carbocycles. The van der Waals surface area contributed by atoms with Crippen molar-refractivity contribution in [2.75, 3.05) is 0 Å². The highest BCUT2D eigenvalue weighted by Gasteiger charge is 2.09. The van der Waals surface area contributed by atoms with E-state index in [1.54, 1.807) is 18.3 Å². The Morgan fingerprint density at radius 2 is 1.95 bits per heavy atom. The summed E-state index contributed by atoms with van der Waals surface area (Å²) in [6, 6.07) is 11.2. The van der Waals surface area contributed by atoms with Crippen molar-refractivity contribution in [3.63, 3.8) is 0 Å². The van der Waals surface area contributed by atoms with Crippen LogP contribution in [0.5, 0.6) is 5.75 Å². The zero-order chi connectivity index (χ0) is 14.7. The number of thiazole rings is 1. The third-order valence-corrected chi connectivity index (χ3v) is 4.29. The zero-order valence-corrected chi connectivity index (χ0v) is 13.1. The number of rotatable bonds is 4. The molecule has 0 amide bonds. The summed E-state index contributed by atoms with van der Waals surface area (Å²) in [7, 11) is 0. The van der Waals surface area contributed by atoms with Crippen LogP contribution in [0.2, 0.25) is 10.2 Å². The fourth-order valence-electron chi connectivity index (χ4n) is 1.76. The number of aromatic nitrogens is 2. The van der Waals surface area contributed by atoms with Crippen molar-refractivity contribution in [2.24, 2.45) is 0 Å². The first-order chi connectivity index (χ1) is 10.2. The Labute approximate surface area is 136 Å². The van der Waals surface area contributed by atoms with E-state index in [2.05, 4.69) is 9.97 Å². The molecule has 0 atom stereocenters. The van der Waals surface area contributed by atoms with E-state index in [1.165, 1.54) is 11.3 Å². The van der Waals surface area contributed by atoms with Crippen molar-refractivity contribution < 1.29 is 4.74 Å². The normalized spacial score (nSPS) is 10.6.